The summed E-state index contributed by atoms with van der Waals surface area (Å²) in [7, 11) is 0. The molecule has 0 aliphatic carbocycles. The smallest absolute Gasteiger partial charge is 0.163 e. The van der Waals surface area contributed by atoms with Gasteiger partial charge in [0.15, 0.2) is 5.58 Å². The van der Waals surface area contributed by atoms with Crippen LogP contribution in [0.2, 0.25) is 0 Å². The van der Waals surface area contributed by atoms with Crippen LogP contribution in [0.5, 0.6) is 0 Å². The number of aromatic nitrogens is 3. The number of hydrogen-bond donors (Lipinski definition) is 0. The molecule has 0 N–H and O–H groups in total. The monoisotopic (exact) mass is 435 g/mol. The molecule has 0 fully saturated rings. The highest BCUT2D eigenvalue weighted by molar-refractivity contribution is 6.19. The zero-order chi connectivity index (χ0) is 22.2. The summed E-state index contributed by atoms with van der Waals surface area (Å²) in [5, 5.41) is 5.70. The van der Waals surface area contributed by atoms with Crippen LogP contribution in [0.1, 0.15) is 0 Å². The Hall–Kier alpha value is -4.70. The number of hydrogen-bond acceptors (Lipinski definition) is 3. The summed E-state index contributed by atoms with van der Waals surface area (Å²) in [6, 6.07) is 33.5. The predicted octanol–water partition coefficient (Wildman–Crippen LogP) is 7.76. The normalized spacial score (nSPS) is 12.1. The van der Waals surface area contributed by atoms with E-state index >= 15 is 0 Å². The van der Waals surface area contributed by atoms with Crippen LogP contribution in [-0.2, 0) is 0 Å². The maximum Gasteiger partial charge on any atom is 0.163 e. The van der Waals surface area contributed by atoms with Crippen molar-refractivity contribution < 1.29 is 4.42 Å². The van der Waals surface area contributed by atoms with Gasteiger partial charge in [-0.2, -0.15) is 0 Å². The van der Waals surface area contributed by atoms with Crippen molar-refractivity contribution in [2.75, 3.05) is 0 Å². The van der Waals surface area contributed by atoms with Crippen LogP contribution >= 0.6 is 0 Å². The second kappa shape index (κ2) is 6.42. The summed E-state index contributed by atoms with van der Waals surface area (Å²) < 4.78 is 8.85. The Balaban J connectivity index is 1.58. The maximum atomic E-state index is 6.59. The second-order valence-corrected chi connectivity index (χ2v) is 8.64. The molecule has 0 amide bonds. The lowest BCUT2D eigenvalue weighted by atomic mass is 10.1. The highest BCUT2D eigenvalue weighted by atomic mass is 16.3. The number of rotatable bonds is 1. The molecule has 4 aromatic carbocycles. The van der Waals surface area contributed by atoms with Gasteiger partial charge in [-0.15, -0.1) is 0 Å². The van der Waals surface area contributed by atoms with E-state index in [2.05, 4.69) is 88.2 Å². The van der Waals surface area contributed by atoms with Gasteiger partial charge in [0.2, 0.25) is 0 Å². The highest BCUT2D eigenvalue weighted by Gasteiger charge is 2.19. The van der Waals surface area contributed by atoms with Crippen molar-refractivity contribution >= 4 is 60.3 Å². The lowest BCUT2D eigenvalue weighted by molar-refractivity contribution is 0.673. The fraction of sp³-hybridized carbons (Fsp3) is 0. The zero-order valence-electron chi connectivity index (χ0n) is 18.1. The molecule has 0 aliphatic rings. The third kappa shape index (κ3) is 2.22. The summed E-state index contributed by atoms with van der Waals surface area (Å²) >= 11 is 0. The van der Waals surface area contributed by atoms with Gasteiger partial charge in [0.25, 0.3) is 0 Å². The molecular formula is C30H17N3O. The largest absolute Gasteiger partial charge is 0.453 e. The Morgan fingerprint density at radius 2 is 1.32 bits per heavy atom. The molecule has 34 heavy (non-hydrogen) atoms. The molecule has 8 aromatic rings. The summed E-state index contributed by atoms with van der Waals surface area (Å²) in [5.41, 5.74) is 7.55. The molecule has 4 aromatic heterocycles. The van der Waals surface area contributed by atoms with Crippen LogP contribution in [0, 0.1) is 0 Å². The van der Waals surface area contributed by atoms with E-state index in [1.165, 1.54) is 10.8 Å². The van der Waals surface area contributed by atoms with Crippen molar-refractivity contribution in [3.8, 4) is 11.3 Å². The van der Waals surface area contributed by atoms with Crippen LogP contribution < -0.4 is 0 Å². The Labute approximate surface area is 193 Å². The average molecular weight is 435 g/mol. The van der Waals surface area contributed by atoms with E-state index in [0.717, 1.165) is 60.8 Å². The molecule has 0 atom stereocenters. The topological polar surface area (TPSA) is 43.3 Å². The first kappa shape index (κ1) is 17.8. The molecule has 4 nitrogen and oxygen atoms in total. The summed E-state index contributed by atoms with van der Waals surface area (Å²) in [4.78, 5) is 9.73. The molecule has 158 valence electrons. The van der Waals surface area contributed by atoms with E-state index < -0.39 is 0 Å². The van der Waals surface area contributed by atoms with Crippen molar-refractivity contribution in [3.63, 3.8) is 0 Å². The minimum atomic E-state index is 0.813. The SMILES string of the molecule is c1ccc(-c2cccc3c2oc2c3ccc3c2nc2c4ccccc4c4ccccc4n32)nc1. The quantitative estimate of drug-likeness (QED) is 0.248. The molecular weight excluding hydrogens is 418 g/mol. The van der Waals surface area contributed by atoms with Gasteiger partial charge < -0.3 is 4.42 Å². The Morgan fingerprint density at radius 1 is 0.559 bits per heavy atom. The number of nitrogens with zero attached hydrogens (tertiary/aromatic N) is 3. The van der Waals surface area contributed by atoms with E-state index in [9.17, 15) is 0 Å². The van der Waals surface area contributed by atoms with Gasteiger partial charge in [-0.05, 0) is 41.8 Å². The summed E-state index contributed by atoms with van der Waals surface area (Å²) in [5.74, 6) is 0. The van der Waals surface area contributed by atoms with Gasteiger partial charge in [0.05, 0.1) is 16.7 Å². The van der Waals surface area contributed by atoms with Crippen molar-refractivity contribution in [2.45, 2.75) is 0 Å². The molecule has 8 rings (SSSR count). The lowest BCUT2D eigenvalue weighted by Crippen LogP contribution is -1.90. The Bertz CT molecular complexity index is 2070. The van der Waals surface area contributed by atoms with Crippen LogP contribution in [0.15, 0.2) is 108 Å². The first-order valence-corrected chi connectivity index (χ1v) is 11.4. The number of imidazole rings is 1. The first-order chi connectivity index (χ1) is 16.9. The lowest BCUT2D eigenvalue weighted by Gasteiger charge is -2.08. The summed E-state index contributed by atoms with van der Waals surface area (Å²) in [6.07, 6.45) is 1.81. The fourth-order valence-corrected chi connectivity index (χ4v) is 5.35. The van der Waals surface area contributed by atoms with Crippen molar-refractivity contribution in [1.29, 1.82) is 0 Å². The van der Waals surface area contributed by atoms with Crippen molar-refractivity contribution in [3.05, 3.63) is 103 Å². The minimum Gasteiger partial charge on any atom is -0.453 e. The third-order valence-electron chi connectivity index (χ3n) is 6.83. The molecule has 0 spiro atoms. The van der Waals surface area contributed by atoms with E-state index in [1.807, 2.05) is 24.4 Å². The number of furan rings is 1. The Kier molecular flexibility index (Phi) is 3.36. The van der Waals surface area contributed by atoms with E-state index in [0.29, 0.717) is 0 Å². The van der Waals surface area contributed by atoms with Gasteiger partial charge in [0, 0.05) is 33.3 Å². The standard InChI is InChI=1S/C30H17N3O/c1-2-10-22-18(8-1)19-9-3-4-14-25(19)33-26-16-15-21-20-11-7-12-23(24-13-5-6-17-31-24)28(20)34-29(21)27(26)32-30(22)33/h1-17H. The van der Waals surface area contributed by atoms with Crippen LogP contribution in [0.3, 0.4) is 0 Å². The maximum absolute atomic E-state index is 6.59. The molecule has 0 bridgehead atoms. The molecule has 0 saturated heterocycles. The second-order valence-electron chi connectivity index (χ2n) is 8.64. The molecule has 0 radical (unpaired) electrons. The molecule has 0 aliphatic heterocycles. The Morgan fingerprint density at radius 3 is 2.21 bits per heavy atom. The fourth-order valence-electron chi connectivity index (χ4n) is 5.35. The highest BCUT2D eigenvalue weighted by Crippen LogP contribution is 2.40. The van der Waals surface area contributed by atoms with E-state index in [4.69, 9.17) is 9.40 Å². The van der Waals surface area contributed by atoms with Gasteiger partial charge in [-0.25, -0.2) is 4.98 Å². The van der Waals surface area contributed by atoms with Gasteiger partial charge in [0.1, 0.15) is 16.7 Å². The third-order valence-corrected chi connectivity index (χ3v) is 6.83. The van der Waals surface area contributed by atoms with Crippen LogP contribution in [0.4, 0.5) is 0 Å². The summed E-state index contributed by atoms with van der Waals surface area (Å²) in [6.45, 7) is 0. The molecule has 4 heteroatoms. The van der Waals surface area contributed by atoms with E-state index in [1.54, 1.807) is 0 Å². The average Bonchev–Trinajstić information content (AvgIpc) is 3.48. The minimum absolute atomic E-state index is 0.813. The number of benzene rings is 4. The number of fused-ring (bicyclic) bond motifs is 12. The number of para-hydroxylation sites is 2. The molecule has 0 saturated carbocycles. The van der Waals surface area contributed by atoms with Gasteiger partial charge >= 0.3 is 0 Å². The van der Waals surface area contributed by atoms with Gasteiger partial charge in [-0.3, -0.25) is 9.38 Å². The molecule has 0 unspecified atom stereocenters. The van der Waals surface area contributed by atoms with Crippen LogP contribution in [-0.4, -0.2) is 14.4 Å². The van der Waals surface area contributed by atoms with Crippen molar-refractivity contribution in [1.82, 2.24) is 14.4 Å². The van der Waals surface area contributed by atoms with Crippen molar-refractivity contribution in [2.24, 2.45) is 0 Å². The predicted molar refractivity (Wildman–Crippen MR) is 138 cm³/mol. The van der Waals surface area contributed by atoms with Crippen LogP contribution in [0.25, 0.3) is 71.6 Å². The van der Waals surface area contributed by atoms with Gasteiger partial charge in [-0.1, -0.05) is 60.7 Å². The zero-order valence-corrected chi connectivity index (χ0v) is 18.1. The molecule has 4 heterocycles. The first-order valence-electron chi connectivity index (χ1n) is 11.4. The number of pyridine rings is 2. The van der Waals surface area contributed by atoms with E-state index in [-0.39, 0.29) is 0 Å².